The van der Waals surface area contributed by atoms with Crippen molar-refractivity contribution < 1.29 is 31.4 Å². The maximum atomic E-state index is 12.9. The third-order valence-corrected chi connectivity index (χ3v) is 6.14. The summed E-state index contributed by atoms with van der Waals surface area (Å²) < 4.78 is 70.3. The Bertz CT molecular complexity index is 1520. The molecule has 0 atom stereocenters. The van der Waals surface area contributed by atoms with Crippen molar-refractivity contribution in [1.82, 2.24) is 14.1 Å². The summed E-state index contributed by atoms with van der Waals surface area (Å²) in [5.41, 5.74) is 0.563. The zero-order chi connectivity index (χ0) is 25.9. The normalized spacial score (nSPS) is 11.9. The first kappa shape index (κ1) is 24.9. The van der Waals surface area contributed by atoms with Gasteiger partial charge in [-0.3, -0.25) is 9.29 Å². The monoisotopic (exact) mass is 520 g/mol. The molecule has 0 bridgehead atoms. The summed E-state index contributed by atoms with van der Waals surface area (Å²) in [5, 5.41) is 10.3. The number of nitrogens with zero attached hydrogens (tertiary/aromatic N) is 3. The van der Waals surface area contributed by atoms with Crippen LogP contribution >= 0.6 is 0 Å². The lowest BCUT2D eigenvalue weighted by atomic mass is 10.2. The third kappa shape index (κ3) is 6.24. The topological polar surface area (TPSA) is 115 Å². The Hall–Kier alpha value is -4.26. The molecule has 0 saturated heterocycles. The molecular weight excluding hydrogens is 501 g/mol. The Kier molecular flexibility index (Phi) is 6.75. The van der Waals surface area contributed by atoms with Crippen molar-refractivity contribution in [3.63, 3.8) is 0 Å². The number of rotatable bonds is 8. The highest BCUT2D eigenvalue weighted by atomic mass is 32.2. The molecule has 0 unspecified atom stereocenters. The van der Waals surface area contributed by atoms with E-state index in [1.165, 1.54) is 24.4 Å². The smallest absolute Gasteiger partial charge is 0.493 e. The number of nitrogens with one attached hydrogen (secondary N) is 1. The van der Waals surface area contributed by atoms with Gasteiger partial charge in [-0.1, -0.05) is 30.3 Å². The maximum Gasteiger partial charge on any atom is 0.573 e. The van der Waals surface area contributed by atoms with Gasteiger partial charge in [-0.2, -0.15) is 0 Å². The SMILES string of the molecule is O=c1n(Cc2ccnc(NS(=O)(=O)Cc3ccccc3)c2)cc(O)n1-c1ccc(OC(F)(F)F)cc1. The van der Waals surface area contributed by atoms with E-state index in [0.717, 1.165) is 27.5 Å². The number of benzene rings is 2. The van der Waals surface area contributed by atoms with Gasteiger partial charge < -0.3 is 9.84 Å². The number of alkyl halides is 3. The van der Waals surface area contributed by atoms with Gasteiger partial charge in [0.05, 0.1) is 24.2 Å². The number of hydrogen-bond donors (Lipinski definition) is 2. The molecule has 0 spiro atoms. The van der Waals surface area contributed by atoms with Crippen LogP contribution in [0.25, 0.3) is 5.69 Å². The van der Waals surface area contributed by atoms with E-state index >= 15 is 0 Å². The van der Waals surface area contributed by atoms with E-state index in [0.29, 0.717) is 11.1 Å². The summed E-state index contributed by atoms with van der Waals surface area (Å²) in [5.74, 6) is -1.11. The molecule has 4 rings (SSSR count). The number of pyridine rings is 1. The Morgan fingerprint density at radius 3 is 2.36 bits per heavy atom. The minimum atomic E-state index is -4.86. The second-order valence-corrected chi connectivity index (χ2v) is 9.39. The molecule has 0 aliphatic heterocycles. The van der Waals surface area contributed by atoms with E-state index in [-0.39, 0.29) is 23.8 Å². The van der Waals surface area contributed by atoms with Crippen LogP contribution in [0.1, 0.15) is 11.1 Å². The molecule has 4 aromatic rings. The molecule has 2 N–H and O–H groups in total. The van der Waals surface area contributed by atoms with Crippen molar-refractivity contribution in [3.05, 3.63) is 101 Å². The highest BCUT2D eigenvalue weighted by Gasteiger charge is 2.31. The van der Waals surface area contributed by atoms with Crippen LogP contribution in [0.3, 0.4) is 0 Å². The van der Waals surface area contributed by atoms with Gasteiger partial charge in [0.25, 0.3) is 0 Å². The molecule has 2 aromatic carbocycles. The lowest BCUT2D eigenvalue weighted by Gasteiger charge is -2.10. The van der Waals surface area contributed by atoms with Crippen LogP contribution in [-0.2, 0) is 22.3 Å². The average molecular weight is 520 g/mol. The van der Waals surface area contributed by atoms with E-state index < -0.39 is 33.7 Å². The standard InChI is InChI=1S/C23H19F3N4O5S/c24-23(25,26)35-19-8-6-18(7-9-19)30-21(31)14-29(22(30)32)13-17-10-11-27-20(12-17)28-36(33,34)15-16-4-2-1-3-5-16/h1-12,14,31H,13,15H2,(H,27,28). The molecule has 36 heavy (non-hydrogen) atoms. The van der Waals surface area contributed by atoms with Crippen LogP contribution in [0, 0.1) is 0 Å². The van der Waals surface area contributed by atoms with E-state index in [1.807, 2.05) is 0 Å². The maximum absolute atomic E-state index is 12.9. The van der Waals surface area contributed by atoms with Crippen molar-refractivity contribution >= 4 is 15.8 Å². The van der Waals surface area contributed by atoms with Crippen LogP contribution in [0.15, 0.2) is 83.9 Å². The lowest BCUT2D eigenvalue weighted by molar-refractivity contribution is -0.274. The second kappa shape index (κ2) is 9.77. The quantitative estimate of drug-likeness (QED) is 0.367. The van der Waals surface area contributed by atoms with Gasteiger partial charge in [-0.05, 0) is 47.5 Å². The van der Waals surface area contributed by atoms with Gasteiger partial charge in [-0.25, -0.2) is 22.8 Å². The van der Waals surface area contributed by atoms with E-state index in [4.69, 9.17) is 0 Å². The van der Waals surface area contributed by atoms with Gasteiger partial charge in [0.15, 0.2) is 0 Å². The summed E-state index contributed by atoms with van der Waals surface area (Å²) in [4.78, 5) is 16.9. The number of aromatic nitrogens is 3. The van der Waals surface area contributed by atoms with Gasteiger partial charge in [0.2, 0.25) is 15.9 Å². The number of sulfonamides is 1. The highest BCUT2D eigenvalue weighted by molar-refractivity contribution is 7.91. The zero-order valence-electron chi connectivity index (χ0n) is 18.4. The molecular formula is C23H19F3N4O5S. The molecule has 9 nitrogen and oxygen atoms in total. The number of ether oxygens (including phenoxy) is 1. The second-order valence-electron chi connectivity index (χ2n) is 7.67. The van der Waals surface area contributed by atoms with E-state index in [9.17, 15) is 31.5 Å². The molecule has 13 heteroatoms. The predicted octanol–water partition coefficient (Wildman–Crippen LogP) is 3.63. The van der Waals surface area contributed by atoms with Crippen LogP contribution in [0.4, 0.5) is 19.0 Å². The van der Waals surface area contributed by atoms with Crippen molar-refractivity contribution in [3.8, 4) is 17.3 Å². The molecule has 0 aliphatic rings. The number of aromatic hydroxyl groups is 1. The van der Waals surface area contributed by atoms with Gasteiger partial charge >= 0.3 is 12.1 Å². The van der Waals surface area contributed by atoms with Crippen molar-refractivity contribution in [2.45, 2.75) is 18.7 Å². The molecule has 188 valence electrons. The van der Waals surface area contributed by atoms with Crippen LogP contribution < -0.4 is 15.1 Å². The summed E-state index contributed by atoms with van der Waals surface area (Å²) in [6.07, 6.45) is -2.33. The third-order valence-electron chi connectivity index (χ3n) is 4.90. The average Bonchev–Trinajstić information content (AvgIpc) is 3.06. The Labute approximate surface area is 203 Å². The van der Waals surface area contributed by atoms with Gasteiger partial charge in [0.1, 0.15) is 11.6 Å². The number of anilines is 1. The fourth-order valence-corrected chi connectivity index (χ4v) is 4.58. The predicted molar refractivity (Wildman–Crippen MR) is 124 cm³/mol. The molecule has 0 radical (unpaired) electrons. The lowest BCUT2D eigenvalue weighted by Crippen LogP contribution is -2.23. The van der Waals surface area contributed by atoms with Crippen molar-refractivity contribution in [2.75, 3.05) is 4.72 Å². The molecule has 0 fully saturated rings. The number of hydrogen-bond acceptors (Lipinski definition) is 6. The largest absolute Gasteiger partial charge is 0.573 e. The molecule has 2 heterocycles. The van der Waals surface area contributed by atoms with Gasteiger partial charge in [-0.15, -0.1) is 13.2 Å². The fourth-order valence-electron chi connectivity index (χ4n) is 3.45. The minimum absolute atomic E-state index is 0.0371. The van der Waals surface area contributed by atoms with Crippen LogP contribution in [0.2, 0.25) is 0 Å². The Morgan fingerprint density at radius 1 is 1.00 bits per heavy atom. The van der Waals surface area contributed by atoms with Crippen LogP contribution in [-0.4, -0.2) is 34.0 Å². The molecule has 2 aromatic heterocycles. The van der Waals surface area contributed by atoms with Crippen LogP contribution in [0.5, 0.6) is 11.6 Å². The van der Waals surface area contributed by atoms with Crippen molar-refractivity contribution in [2.24, 2.45) is 0 Å². The van der Waals surface area contributed by atoms with Crippen molar-refractivity contribution in [1.29, 1.82) is 0 Å². The van der Waals surface area contributed by atoms with E-state index in [1.54, 1.807) is 36.4 Å². The summed E-state index contributed by atoms with van der Waals surface area (Å²) in [6, 6.07) is 16.0. The number of halogens is 3. The summed E-state index contributed by atoms with van der Waals surface area (Å²) >= 11 is 0. The molecule has 0 aliphatic carbocycles. The summed E-state index contributed by atoms with van der Waals surface area (Å²) in [7, 11) is -3.74. The molecule has 0 saturated carbocycles. The Morgan fingerprint density at radius 2 is 1.69 bits per heavy atom. The number of imidazole rings is 1. The fraction of sp³-hybridized carbons (Fsp3) is 0.130. The first-order valence-electron chi connectivity index (χ1n) is 10.4. The Balaban J connectivity index is 1.51. The zero-order valence-corrected chi connectivity index (χ0v) is 19.2. The highest BCUT2D eigenvalue weighted by Crippen LogP contribution is 2.24. The first-order chi connectivity index (χ1) is 17.0. The summed E-state index contributed by atoms with van der Waals surface area (Å²) in [6.45, 7) is -0.0371. The van der Waals surface area contributed by atoms with E-state index in [2.05, 4.69) is 14.4 Å². The first-order valence-corrected chi connectivity index (χ1v) is 12.0. The minimum Gasteiger partial charge on any atom is -0.493 e. The molecule has 0 amide bonds. The van der Waals surface area contributed by atoms with Gasteiger partial charge in [0, 0.05) is 6.20 Å².